The summed E-state index contributed by atoms with van der Waals surface area (Å²) in [5.41, 5.74) is 20.9. The molecule has 0 unspecified atom stereocenters. The summed E-state index contributed by atoms with van der Waals surface area (Å²) in [5, 5.41) is 5.42. The van der Waals surface area contributed by atoms with Gasteiger partial charge in [-0.15, -0.1) is 22.7 Å². The third-order valence-corrected chi connectivity index (χ3v) is 18.5. The van der Waals surface area contributed by atoms with Gasteiger partial charge in [0.2, 0.25) is 0 Å². The van der Waals surface area contributed by atoms with Crippen molar-refractivity contribution in [2.45, 2.75) is 118 Å². The van der Waals surface area contributed by atoms with Crippen molar-refractivity contribution in [1.29, 1.82) is 0 Å². The summed E-state index contributed by atoms with van der Waals surface area (Å²) in [7, 11) is 0. The van der Waals surface area contributed by atoms with Gasteiger partial charge < -0.3 is 14.4 Å². The molecule has 3 aliphatic rings. The zero-order valence-electron chi connectivity index (χ0n) is 44.0. The first-order chi connectivity index (χ1) is 34.2. The van der Waals surface area contributed by atoms with E-state index >= 15 is 0 Å². The molecule has 358 valence electrons. The van der Waals surface area contributed by atoms with Crippen LogP contribution in [0.5, 0.6) is 0 Å². The third-order valence-electron chi connectivity index (χ3n) is 16.1. The fourth-order valence-corrected chi connectivity index (χ4v) is 14.6. The number of rotatable bonds is 4. The maximum atomic E-state index is 2.76. The van der Waals surface area contributed by atoms with Gasteiger partial charge in [-0.05, 0) is 139 Å². The van der Waals surface area contributed by atoms with Gasteiger partial charge in [-0.1, -0.05) is 168 Å². The molecule has 0 atom stereocenters. The van der Waals surface area contributed by atoms with Crippen molar-refractivity contribution < 1.29 is 0 Å². The van der Waals surface area contributed by atoms with Crippen molar-refractivity contribution in [3.63, 3.8) is 0 Å². The number of hydrogen-bond acceptors (Lipinski definition) is 4. The van der Waals surface area contributed by atoms with Crippen molar-refractivity contribution in [2.24, 2.45) is 0 Å². The fraction of sp³-hybridized carbons (Fsp3) is 0.273. The lowest BCUT2D eigenvalue weighted by Gasteiger charge is -2.43. The van der Waals surface area contributed by atoms with Gasteiger partial charge in [-0.2, -0.15) is 0 Å². The molecule has 10 aromatic rings. The molecule has 0 amide bonds. The summed E-state index contributed by atoms with van der Waals surface area (Å²) in [6.45, 7) is 28.1. The highest BCUT2D eigenvalue weighted by molar-refractivity contribution is 7.26. The SMILES string of the molecule is CC(C)(C)c1ccc(N(c2ccc(C(C)(C)C)cc2)c2cc3c4c(c2)-n2c5c(cc(C(C)(C)C)cc5c5sc6ccccc6c52)B4c2ccc(C(C)(C)C)cc2N3C2=c3sc4ccccc4c3=CCC2)cc1. The van der Waals surface area contributed by atoms with Crippen LogP contribution in [-0.2, 0) is 21.7 Å². The maximum absolute atomic E-state index is 2.76. The molecule has 13 rings (SSSR count). The molecule has 3 nitrogen and oxygen atoms in total. The Morgan fingerprint density at radius 2 is 1.04 bits per heavy atom. The van der Waals surface area contributed by atoms with E-state index in [-0.39, 0.29) is 28.4 Å². The lowest BCUT2D eigenvalue weighted by molar-refractivity contribution is 0.590. The summed E-state index contributed by atoms with van der Waals surface area (Å²) in [6.07, 6.45) is 4.45. The van der Waals surface area contributed by atoms with Crippen LogP contribution in [0.1, 0.15) is 118 Å². The Hall–Kier alpha value is -6.34. The van der Waals surface area contributed by atoms with Crippen LogP contribution in [0.15, 0.2) is 140 Å². The molecular formula is C66H64BN3S2. The molecule has 0 saturated heterocycles. The summed E-state index contributed by atoms with van der Waals surface area (Å²) < 4.78 is 8.15. The van der Waals surface area contributed by atoms with E-state index in [1.54, 1.807) is 0 Å². The molecule has 2 aliphatic heterocycles. The van der Waals surface area contributed by atoms with E-state index in [0.717, 1.165) is 29.9 Å². The Bertz CT molecular complexity index is 3970. The first-order valence-electron chi connectivity index (χ1n) is 26.1. The minimum atomic E-state index is -0.0556. The standard InChI is InChI=1S/C66H64BN3S2/c1-63(2,3)39-24-29-43(30-25-39)68(44-31-26-40(27-32-44)64(4,5)6)45-37-54-58-55(38-45)70-59-49(62-60(70)48-19-14-16-23-57(48)72-62)34-42(66(10,11)12)35-51(59)67(58)50-33-28-41(65(7,8)9)36-53(50)69(54)52-21-17-20-47-46-18-13-15-22-56(46)71-61(47)52/h13-16,18-20,22-38H,17,21H2,1-12H3. The van der Waals surface area contributed by atoms with Crippen LogP contribution in [0.25, 0.3) is 58.8 Å². The van der Waals surface area contributed by atoms with Crippen molar-refractivity contribution >= 4 is 127 Å². The van der Waals surface area contributed by atoms with Gasteiger partial charge in [-0.3, -0.25) is 0 Å². The molecule has 0 radical (unpaired) electrons. The van der Waals surface area contributed by atoms with Crippen molar-refractivity contribution in [2.75, 3.05) is 9.80 Å². The molecule has 6 heteroatoms. The zero-order valence-corrected chi connectivity index (χ0v) is 45.6. The lowest BCUT2D eigenvalue weighted by atomic mass is 9.33. The van der Waals surface area contributed by atoms with E-state index in [1.165, 1.54) is 112 Å². The van der Waals surface area contributed by atoms with Gasteiger partial charge in [0.25, 0.3) is 6.71 Å². The van der Waals surface area contributed by atoms with Crippen LogP contribution in [-0.4, -0.2) is 11.3 Å². The quantitative estimate of drug-likeness (QED) is 0.163. The predicted molar refractivity (Wildman–Crippen MR) is 317 cm³/mol. The van der Waals surface area contributed by atoms with E-state index in [0.29, 0.717) is 0 Å². The van der Waals surface area contributed by atoms with Crippen LogP contribution in [0, 0.1) is 0 Å². The van der Waals surface area contributed by atoms with Gasteiger partial charge >= 0.3 is 0 Å². The van der Waals surface area contributed by atoms with Crippen LogP contribution < -0.4 is 35.9 Å². The van der Waals surface area contributed by atoms with Crippen molar-refractivity contribution in [1.82, 2.24) is 4.57 Å². The average Bonchev–Trinajstić information content (AvgIpc) is 4.02. The van der Waals surface area contributed by atoms with Crippen molar-refractivity contribution in [3.8, 4) is 5.69 Å². The van der Waals surface area contributed by atoms with Crippen LogP contribution in [0.2, 0.25) is 0 Å². The number of nitrogens with zero attached hydrogens (tertiary/aromatic N) is 3. The summed E-state index contributed by atoms with van der Waals surface area (Å²) >= 11 is 3.92. The van der Waals surface area contributed by atoms with Crippen LogP contribution in [0.3, 0.4) is 0 Å². The van der Waals surface area contributed by atoms with Crippen LogP contribution in [0.4, 0.5) is 28.4 Å². The van der Waals surface area contributed by atoms with Gasteiger partial charge in [-0.25, -0.2) is 0 Å². The highest BCUT2D eigenvalue weighted by atomic mass is 32.1. The second kappa shape index (κ2) is 15.6. The number of aromatic nitrogens is 1. The summed E-state index contributed by atoms with van der Waals surface area (Å²) in [5.74, 6) is 0. The van der Waals surface area contributed by atoms with E-state index in [9.17, 15) is 0 Å². The number of anilines is 5. The number of fused-ring (bicyclic) bond motifs is 12. The largest absolute Gasteiger partial charge is 0.314 e. The second-order valence-corrected chi connectivity index (χ2v) is 27.1. The van der Waals surface area contributed by atoms with E-state index < -0.39 is 0 Å². The Kier molecular flexibility index (Phi) is 9.86. The van der Waals surface area contributed by atoms with Gasteiger partial charge in [0, 0.05) is 59.7 Å². The second-order valence-electron chi connectivity index (χ2n) is 25.0. The minimum absolute atomic E-state index is 0.0140. The molecule has 3 aromatic heterocycles. The number of hydrogen-bond donors (Lipinski definition) is 0. The Morgan fingerprint density at radius 3 is 1.67 bits per heavy atom. The zero-order chi connectivity index (χ0) is 50.0. The molecule has 0 bridgehead atoms. The molecule has 7 aromatic carbocycles. The van der Waals surface area contributed by atoms with Crippen LogP contribution >= 0.6 is 22.7 Å². The average molecular weight is 974 g/mol. The molecule has 0 N–H and O–H groups in total. The summed E-state index contributed by atoms with van der Waals surface area (Å²) in [4.78, 5) is 5.30. The molecule has 72 heavy (non-hydrogen) atoms. The molecule has 0 fully saturated rings. The summed E-state index contributed by atoms with van der Waals surface area (Å²) in [6, 6.07) is 54.8. The van der Waals surface area contributed by atoms with Gasteiger partial charge in [0.05, 0.1) is 26.0 Å². The topological polar surface area (TPSA) is 11.4 Å². The number of thiophene rings is 2. The Labute approximate surface area is 433 Å². The maximum Gasteiger partial charge on any atom is 0.252 e. The minimum Gasteiger partial charge on any atom is -0.314 e. The Morgan fingerprint density at radius 1 is 0.472 bits per heavy atom. The van der Waals surface area contributed by atoms with E-state index in [2.05, 4.69) is 243 Å². The highest BCUT2D eigenvalue weighted by Crippen LogP contribution is 2.49. The Balaban J connectivity index is 1.22. The fourth-order valence-electron chi connectivity index (χ4n) is 12.1. The first kappa shape index (κ1) is 45.5. The molecule has 5 heterocycles. The smallest absolute Gasteiger partial charge is 0.252 e. The first-order valence-corrected chi connectivity index (χ1v) is 27.7. The molecular weight excluding hydrogens is 910 g/mol. The van der Waals surface area contributed by atoms with E-state index in [1.807, 2.05) is 22.7 Å². The molecule has 1 aliphatic carbocycles. The third kappa shape index (κ3) is 6.88. The predicted octanol–water partition coefficient (Wildman–Crippen LogP) is 15.5. The molecule has 0 saturated carbocycles. The van der Waals surface area contributed by atoms with E-state index in [4.69, 9.17) is 0 Å². The monoisotopic (exact) mass is 973 g/mol. The van der Waals surface area contributed by atoms with Crippen molar-refractivity contribution in [3.05, 3.63) is 172 Å². The van der Waals surface area contributed by atoms with Gasteiger partial charge in [0.15, 0.2) is 0 Å². The lowest BCUT2D eigenvalue weighted by Crippen LogP contribution is -2.61. The normalized spacial score (nSPS) is 14.6. The molecule has 0 spiro atoms. The van der Waals surface area contributed by atoms with Gasteiger partial charge in [0.1, 0.15) is 0 Å². The highest BCUT2D eigenvalue weighted by Gasteiger charge is 2.45. The number of benzene rings is 7.